The van der Waals surface area contributed by atoms with Crippen molar-refractivity contribution in [1.29, 1.82) is 0 Å². The van der Waals surface area contributed by atoms with Gasteiger partial charge in [0, 0.05) is 6.04 Å². The molecule has 3 nitrogen and oxygen atoms in total. The highest BCUT2D eigenvalue weighted by atomic mass is 32.1. The Labute approximate surface area is 79.1 Å². The molecular weight excluding hydrogens is 170 g/mol. The number of hydrogen-bond donors (Lipinski definition) is 3. The Morgan fingerprint density at radius 3 is 2.67 bits per heavy atom. The molecule has 1 aliphatic rings. The summed E-state index contributed by atoms with van der Waals surface area (Å²) < 4.78 is 0. The van der Waals surface area contributed by atoms with Gasteiger partial charge in [-0.05, 0) is 30.5 Å². The first-order valence-corrected chi connectivity index (χ1v) is 4.74. The third-order valence-corrected chi connectivity index (χ3v) is 2.93. The molecular formula is C8H17N3S. The summed E-state index contributed by atoms with van der Waals surface area (Å²) in [4.78, 5) is 0. The molecule has 0 aliphatic heterocycles. The van der Waals surface area contributed by atoms with Gasteiger partial charge < -0.3 is 10.7 Å². The SMILES string of the molecule is CC1(C)CCCC1NC(=S)NN. The molecule has 0 bridgehead atoms. The first-order valence-electron chi connectivity index (χ1n) is 4.33. The highest BCUT2D eigenvalue weighted by Gasteiger charge is 2.34. The molecule has 4 N–H and O–H groups in total. The van der Waals surface area contributed by atoms with Crippen LogP contribution in [0.2, 0.25) is 0 Å². The van der Waals surface area contributed by atoms with E-state index < -0.39 is 0 Å². The van der Waals surface area contributed by atoms with E-state index in [1.165, 1.54) is 19.3 Å². The third-order valence-electron chi connectivity index (χ3n) is 2.69. The molecule has 1 aliphatic carbocycles. The fourth-order valence-corrected chi connectivity index (χ4v) is 1.94. The molecule has 1 fully saturated rings. The number of nitrogens with two attached hydrogens (primary N) is 1. The van der Waals surface area contributed by atoms with Crippen LogP contribution in [-0.4, -0.2) is 11.2 Å². The molecule has 0 radical (unpaired) electrons. The number of nitrogens with one attached hydrogen (secondary N) is 2. The van der Waals surface area contributed by atoms with Crippen molar-refractivity contribution in [3.8, 4) is 0 Å². The molecule has 0 spiro atoms. The predicted molar refractivity (Wildman–Crippen MR) is 54.5 cm³/mol. The molecule has 0 aromatic rings. The van der Waals surface area contributed by atoms with Crippen LogP contribution in [-0.2, 0) is 0 Å². The van der Waals surface area contributed by atoms with E-state index in [0.717, 1.165) is 0 Å². The Kier molecular flexibility index (Phi) is 2.90. The molecule has 0 aromatic heterocycles. The van der Waals surface area contributed by atoms with Crippen molar-refractivity contribution in [2.75, 3.05) is 0 Å². The van der Waals surface area contributed by atoms with Crippen LogP contribution in [0.3, 0.4) is 0 Å². The fraction of sp³-hybridized carbons (Fsp3) is 0.875. The largest absolute Gasteiger partial charge is 0.358 e. The highest BCUT2D eigenvalue weighted by Crippen LogP contribution is 2.36. The Morgan fingerprint density at radius 2 is 2.25 bits per heavy atom. The maximum Gasteiger partial charge on any atom is 0.180 e. The Hall–Kier alpha value is -0.350. The number of hydrogen-bond acceptors (Lipinski definition) is 2. The lowest BCUT2D eigenvalue weighted by atomic mass is 9.87. The Morgan fingerprint density at radius 1 is 1.58 bits per heavy atom. The van der Waals surface area contributed by atoms with Crippen LogP contribution in [0.15, 0.2) is 0 Å². The lowest BCUT2D eigenvalue weighted by Crippen LogP contribution is -2.48. The summed E-state index contributed by atoms with van der Waals surface area (Å²) in [5.74, 6) is 5.19. The van der Waals surface area contributed by atoms with Gasteiger partial charge in [-0.1, -0.05) is 20.3 Å². The minimum atomic E-state index is 0.348. The lowest BCUT2D eigenvalue weighted by molar-refractivity contribution is 0.310. The first-order chi connectivity index (χ1) is 5.56. The number of hydrazine groups is 1. The van der Waals surface area contributed by atoms with E-state index in [1.54, 1.807) is 0 Å². The standard InChI is InChI=1S/C8H17N3S/c1-8(2)5-3-4-6(8)10-7(12)11-9/h6H,3-5,9H2,1-2H3,(H2,10,11,12). The van der Waals surface area contributed by atoms with Gasteiger partial charge >= 0.3 is 0 Å². The van der Waals surface area contributed by atoms with E-state index in [4.69, 9.17) is 18.1 Å². The van der Waals surface area contributed by atoms with Crippen LogP contribution in [0, 0.1) is 5.41 Å². The zero-order valence-electron chi connectivity index (χ0n) is 7.68. The summed E-state index contributed by atoms with van der Waals surface area (Å²) in [6, 6.07) is 0.473. The van der Waals surface area contributed by atoms with Crippen molar-refractivity contribution in [1.82, 2.24) is 10.7 Å². The summed E-state index contributed by atoms with van der Waals surface area (Å²) >= 11 is 4.95. The van der Waals surface area contributed by atoms with E-state index in [0.29, 0.717) is 16.6 Å². The molecule has 0 aromatic carbocycles. The van der Waals surface area contributed by atoms with Gasteiger partial charge in [0.25, 0.3) is 0 Å². The van der Waals surface area contributed by atoms with Crippen LogP contribution < -0.4 is 16.6 Å². The van der Waals surface area contributed by atoms with E-state index in [2.05, 4.69) is 24.6 Å². The first kappa shape index (κ1) is 9.74. The average Bonchev–Trinajstić information content (AvgIpc) is 2.31. The summed E-state index contributed by atoms with van der Waals surface area (Å²) in [6.07, 6.45) is 3.73. The van der Waals surface area contributed by atoms with E-state index >= 15 is 0 Å². The van der Waals surface area contributed by atoms with E-state index in [9.17, 15) is 0 Å². The van der Waals surface area contributed by atoms with Crippen molar-refractivity contribution >= 4 is 17.3 Å². The van der Waals surface area contributed by atoms with Gasteiger partial charge in [-0.2, -0.15) is 0 Å². The molecule has 1 unspecified atom stereocenters. The summed E-state index contributed by atoms with van der Waals surface area (Å²) in [5.41, 5.74) is 2.80. The van der Waals surface area contributed by atoms with Crippen molar-refractivity contribution in [2.45, 2.75) is 39.2 Å². The van der Waals surface area contributed by atoms with Gasteiger partial charge in [-0.25, -0.2) is 5.84 Å². The molecule has 1 saturated carbocycles. The molecule has 12 heavy (non-hydrogen) atoms. The number of rotatable bonds is 1. The molecule has 4 heteroatoms. The van der Waals surface area contributed by atoms with Crippen LogP contribution in [0.4, 0.5) is 0 Å². The monoisotopic (exact) mass is 187 g/mol. The van der Waals surface area contributed by atoms with E-state index in [-0.39, 0.29) is 0 Å². The maximum atomic E-state index is 5.19. The summed E-state index contributed by atoms with van der Waals surface area (Å²) in [5, 5.41) is 3.77. The van der Waals surface area contributed by atoms with Gasteiger partial charge in [0.2, 0.25) is 0 Å². The molecule has 70 valence electrons. The normalized spacial score (nSPS) is 26.8. The van der Waals surface area contributed by atoms with Crippen molar-refractivity contribution in [3.63, 3.8) is 0 Å². The minimum Gasteiger partial charge on any atom is -0.358 e. The highest BCUT2D eigenvalue weighted by molar-refractivity contribution is 7.80. The fourth-order valence-electron chi connectivity index (χ4n) is 1.79. The molecule has 1 atom stereocenters. The van der Waals surface area contributed by atoms with Crippen LogP contribution in [0.25, 0.3) is 0 Å². The van der Waals surface area contributed by atoms with Crippen LogP contribution in [0.5, 0.6) is 0 Å². The quantitative estimate of drug-likeness (QED) is 0.324. The van der Waals surface area contributed by atoms with Gasteiger partial charge in [-0.3, -0.25) is 0 Å². The van der Waals surface area contributed by atoms with Crippen molar-refractivity contribution in [3.05, 3.63) is 0 Å². The smallest absolute Gasteiger partial charge is 0.180 e. The van der Waals surface area contributed by atoms with Gasteiger partial charge in [-0.15, -0.1) is 0 Å². The zero-order valence-corrected chi connectivity index (χ0v) is 8.50. The van der Waals surface area contributed by atoms with Gasteiger partial charge in [0.05, 0.1) is 0 Å². The lowest BCUT2D eigenvalue weighted by Gasteiger charge is -2.28. The zero-order chi connectivity index (χ0) is 9.19. The Bertz CT molecular complexity index is 179. The summed E-state index contributed by atoms with van der Waals surface area (Å²) in [6.45, 7) is 4.52. The predicted octanol–water partition coefficient (Wildman–Crippen LogP) is 0.903. The van der Waals surface area contributed by atoms with Crippen molar-refractivity contribution in [2.24, 2.45) is 11.3 Å². The molecule has 1 rings (SSSR count). The van der Waals surface area contributed by atoms with Crippen LogP contribution in [0.1, 0.15) is 33.1 Å². The van der Waals surface area contributed by atoms with Crippen LogP contribution >= 0.6 is 12.2 Å². The van der Waals surface area contributed by atoms with E-state index in [1.807, 2.05) is 0 Å². The second-order valence-corrected chi connectivity index (χ2v) is 4.46. The number of thiocarbonyl (C=S) groups is 1. The second kappa shape index (κ2) is 3.58. The molecule has 0 amide bonds. The van der Waals surface area contributed by atoms with Gasteiger partial charge in [0.15, 0.2) is 5.11 Å². The van der Waals surface area contributed by atoms with Gasteiger partial charge in [0.1, 0.15) is 0 Å². The topological polar surface area (TPSA) is 50.1 Å². The molecule has 0 saturated heterocycles. The Balaban J connectivity index is 2.47. The second-order valence-electron chi connectivity index (χ2n) is 4.05. The minimum absolute atomic E-state index is 0.348. The molecule has 0 heterocycles. The average molecular weight is 187 g/mol. The maximum absolute atomic E-state index is 5.19. The van der Waals surface area contributed by atoms with Crippen molar-refractivity contribution < 1.29 is 0 Å². The summed E-state index contributed by atoms with van der Waals surface area (Å²) in [7, 11) is 0. The third kappa shape index (κ3) is 2.08.